The Morgan fingerprint density at radius 1 is 0.970 bits per heavy atom. The molecule has 0 bridgehead atoms. The molecule has 8 heteroatoms. The Bertz CT molecular complexity index is 1000. The predicted molar refractivity (Wildman–Crippen MR) is 125 cm³/mol. The molecule has 0 radical (unpaired) electrons. The van der Waals surface area contributed by atoms with Gasteiger partial charge in [0.2, 0.25) is 0 Å². The van der Waals surface area contributed by atoms with E-state index in [1.165, 1.54) is 5.56 Å². The Labute approximate surface area is 194 Å². The summed E-state index contributed by atoms with van der Waals surface area (Å²) in [5, 5.41) is 18.5. The quantitative estimate of drug-likeness (QED) is 0.506. The lowest BCUT2D eigenvalue weighted by Gasteiger charge is -2.38. The van der Waals surface area contributed by atoms with Gasteiger partial charge in [0.25, 0.3) is 0 Å². The second kappa shape index (κ2) is 10.7. The fourth-order valence-corrected chi connectivity index (χ4v) is 3.91. The number of ether oxygens (including phenoxy) is 3. The Balaban J connectivity index is 1.25. The summed E-state index contributed by atoms with van der Waals surface area (Å²) in [4.78, 5) is 2.35. The fourth-order valence-electron chi connectivity index (χ4n) is 3.91. The topological polar surface area (TPSA) is 81.9 Å². The van der Waals surface area contributed by atoms with Gasteiger partial charge in [0.05, 0.1) is 13.7 Å². The van der Waals surface area contributed by atoms with Gasteiger partial charge in [-0.1, -0.05) is 23.8 Å². The number of rotatable bonds is 10. The standard InChI is InChI=1S/C25H32N4O4/c1-20-3-6-22(7-4-20)33-17-25(30)9-11-28(12-10-25)16-21-5-8-23(24(15-21)31-2)32-14-13-29-18-26-27-19-29/h3-8,15,18-19,30H,9-14,16-17H2,1-2H3. The van der Waals surface area contributed by atoms with Crippen LogP contribution in [0.15, 0.2) is 55.1 Å². The summed E-state index contributed by atoms with van der Waals surface area (Å²) in [5.74, 6) is 2.24. The highest BCUT2D eigenvalue weighted by Gasteiger charge is 2.33. The first-order valence-electron chi connectivity index (χ1n) is 11.3. The first-order chi connectivity index (χ1) is 16.0. The summed E-state index contributed by atoms with van der Waals surface area (Å²) in [7, 11) is 1.65. The van der Waals surface area contributed by atoms with E-state index in [9.17, 15) is 5.11 Å². The van der Waals surface area contributed by atoms with Crippen molar-refractivity contribution in [2.45, 2.75) is 38.5 Å². The van der Waals surface area contributed by atoms with Gasteiger partial charge in [0.15, 0.2) is 11.5 Å². The first kappa shape index (κ1) is 23.1. The molecule has 1 aromatic heterocycles. The van der Waals surface area contributed by atoms with Gasteiger partial charge in [-0.2, -0.15) is 0 Å². The van der Waals surface area contributed by atoms with Gasteiger partial charge in [-0.3, -0.25) is 4.90 Å². The lowest BCUT2D eigenvalue weighted by Crippen LogP contribution is -2.47. The van der Waals surface area contributed by atoms with Crippen LogP contribution in [0.25, 0.3) is 0 Å². The van der Waals surface area contributed by atoms with Crippen LogP contribution in [-0.2, 0) is 13.1 Å². The van der Waals surface area contributed by atoms with Crippen LogP contribution in [0.1, 0.15) is 24.0 Å². The lowest BCUT2D eigenvalue weighted by atomic mass is 9.92. The van der Waals surface area contributed by atoms with Gasteiger partial charge < -0.3 is 23.9 Å². The highest BCUT2D eigenvalue weighted by Crippen LogP contribution is 2.30. The number of aromatic nitrogens is 3. The van der Waals surface area contributed by atoms with Crippen LogP contribution in [0.4, 0.5) is 0 Å². The maximum Gasteiger partial charge on any atom is 0.161 e. The van der Waals surface area contributed by atoms with E-state index in [-0.39, 0.29) is 0 Å². The Morgan fingerprint density at radius 3 is 2.39 bits per heavy atom. The fraction of sp³-hybridized carbons (Fsp3) is 0.440. The highest BCUT2D eigenvalue weighted by molar-refractivity contribution is 5.43. The number of hydrogen-bond donors (Lipinski definition) is 1. The number of methoxy groups -OCH3 is 1. The summed E-state index contributed by atoms with van der Waals surface area (Å²) in [6.07, 6.45) is 4.69. The van der Waals surface area contributed by atoms with E-state index in [2.05, 4.69) is 21.2 Å². The number of piperidine rings is 1. The van der Waals surface area contributed by atoms with Gasteiger partial charge in [0.1, 0.15) is 37.2 Å². The molecule has 0 saturated carbocycles. The molecule has 8 nitrogen and oxygen atoms in total. The lowest BCUT2D eigenvalue weighted by molar-refractivity contribution is -0.0537. The minimum Gasteiger partial charge on any atom is -0.493 e. The molecule has 3 aromatic rings. The summed E-state index contributed by atoms with van der Waals surface area (Å²) in [5.41, 5.74) is 1.55. The molecule has 1 aliphatic heterocycles. The maximum atomic E-state index is 10.9. The zero-order valence-corrected chi connectivity index (χ0v) is 19.3. The molecule has 1 fully saturated rings. The van der Waals surface area contributed by atoms with Crippen molar-refractivity contribution in [2.75, 3.05) is 33.4 Å². The second-order valence-corrected chi connectivity index (χ2v) is 8.64. The van der Waals surface area contributed by atoms with Gasteiger partial charge in [-0.05, 0) is 49.6 Å². The van der Waals surface area contributed by atoms with Crippen LogP contribution >= 0.6 is 0 Å². The summed E-state index contributed by atoms with van der Waals surface area (Å²) in [6, 6.07) is 14.0. The van der Waals surface area contributed by atoms with E-state index in [0.29, 0.717) is 32.6 Å². The Morgan fingerprint density at radius 2 is 1.70 bits per heavy atom. The predicted octanol–water partition coefficient (Wildman–Crippen LogP) is 3.08. The van der Waals surface area contributed by atoms with E-state index in [1.54, 1.807) is 19.8 Å². The minimum atomic E-state index is -0.790. The van der Waals surface area contributed by atoms with E-state index < -0.39 is 5.60 Å². The zero-order valence-electron chi connectivity index (χ0n) is 19.3. The van der Waals surface area contributed by atoms with Crippen molar-refractivity contribution in [3.63, 3.8) is 0 Å². The van der Waals surface area contributed by atoms with Crippen LogP contribution in [0.3, 0.4) is 0 Å². The van der Waals surface area contributed by atoms with Crippen molar-refractivity contribution < 1.29 is 19.3 Å². The average molecular weight is 453 g/mol. The van der Waals surface area contributed by atoms with E-state index >= 15 is 0 Å². The largest absolute Gasteiger partial charge is 0.493 e. The number of hydrogen-bond acceptors (Lipinski definition) is 7. The molecule has 2 aromatic carbocycles. The van der Waals surface area contributed by atoms with E-state index in [0.717, 1.165) is 42.4 Å². The normalized spacial score (nSPS) is 15.8. The molecule has 0 aliphatic carbocycles. The third-order valence-electron chi connectivity index (χ3n) is 6.02. The molecule has 0 unspecified atom stereocenters. The summed E-state index contributed by atoms with van der Waals surface area (Å²) < 4.78 is 19.1. The zero-order chi connectivity index (χ0) is 23.1. The van der Waals surface area contributed by atoms with Gasteiger partial charge >= 0.3 is 0 Å². The molecular weight excluding hydrogens is 420 g/mol. The molecular formula is C25H32N4O4. The van der Waals surface area contributed by atoms with Crippen LogP contribution < -0.4 is 14.2 Å². The monoisotopic (exact) mass is 452 g/mol. The third kappa shape index (κ3) is 6.46. The van der Waals surface area contributed by atoms with Crippen LogP contribution in [0, 0.1) is 6.92 Å². The molecule has 176 valence electrons. The van der Waals surface area contributed by atoms with Gasteiger partial charge in [-0.15, -0.1) is 10.2 Å². The number of benzene rings is 2. The minimum absolute atomic E-state index is 0.318. The molecule has 0 amide bonds. The van der Waals surface area contributed by atoms with Crippen molar-refractivity contribution in [2.24, 2.45) is 0 Å². The Hall–Kier alpha value is -3.10. The number of aryl methyl sites for hydroxylation is 1. The smallest absolute Gasteiger partial charge is 0.161 e. The molecule has 1 aliphatic rings. The van der Waals surface area contributed by atoms with Crippen molar-refractivity contribution in [3.8, 4) is 17.2 Å². The third-order valence-corrected chi connectivity index (χ3v) is 6.02. The molecule has 2 heterocycles. The molecule has 1 saturated heterocycles. The van der Waals surface area contributed by atoms with Crippen LogP contribution in [0.5, 0.6) is 17.2 Å². The van der Waals surface area contributed by atoms with Crippen molar-refractivity contribution >= 4 is 0 Å². The maximum absolute atomic E-state index is 10.9. The first-order valence-corrected chi connectivity index (χ1v) is 11.3. The second-order valence-electron chi connectivity index (χ2n) is 8.64. The highest BCUT2D eigenvalue weighted by atomic mass is 16.5. The van der Waals surface area contributed by atoms with Crippen molar-refractivity contribution in [1.82, 2.24) is 19.7 Å². The number of likely N-dealkylation sites (tertiary alicyclic amines) is 1. The summed E-state index contributed by atoms with van der Waals surface area (Å²) >= 11 is 0. The van der Waals surface area contributed by atoms with Gasteiger partial charge in [0, 0.05) is 19.6 Å². The molecule has 1 N–H and O–H groups in total. The van der Waals surface area contributed by atoms with E-state index in [4.69, 9.17) is 14.2 Å². The van der Waals surface area contributed by atoms with Crippen LogP contribution in [-0.4, -0.2) is 63.8 Å². The number of nitrogens with zero attached hydrogens (tertiary/aromatic N) is 4. The molecule has 4 rings (SSSR count). The SMILES string of the molecule is COc1cc(CN2CCC(O)(COc3ccc(C)cc3)CC2)ccc1OCCn1cnnc1. The summed E-state index contributed by atoms with van der Waals surface area (Å²) in [6.45, 7) is 5.96. The molecule has 0 atom stereocenters. The van der Waals surface area contributed by atoms with Crippen molar-refractivity contribution in [1.29, 1.82) is 0 Å². The number of aliphatic hydroxyl groups is 1. The van der Waals surface area contributed by atoms with Gasteiger partial charge in [-0.25, -0.2) is 0 Å². The Kier molecular flexibility index (Phi) is 7.47. The average Bonchev–Trinajstić information content (AvgIpc) is 3.35. The molecule has 0 spiro atoms. The van der Waals surface area contributed by atoms with Crippen LogP contribution in [0.2, 0.25) is 0 Å². The molecule has 33 heavy (non-hydrogen) atoms. The van der Waals surface area contributed by atoms with E-state index in [1.807, 2.05) is 47.9 Å². The van der Waals surface area contributed by atoms with Crippen molar-refractivity contribution in [3.05, 3.63) is 66.2 Å².